The van der Waals surface area contributed by atoms with Gasteiger partial charge in [0.15, 0.2) is 11.5 Å². The maximum absolute atomic E-state index is 11.2. The minimum absolute atomic E-state index is 0.184. The summed E-state index contributed by atoms with van der Waals surface area (Å²) in [6, 6.07) is 1.14. The highest BCUT2D eigenvalue weighted by Crippen LogP contribution is 2.41. The van der Waals surface area contributed by atoms with Crippen LogP contribution in [0.1, 0.15) is 20.7 Å². The monoisotopic (exact) mass is 272 g/mol. The van der Waals surface area contributed by atoms with Gasteiger partial charge in [0, 0.05) is 0 Å². The molecule has 6 nitrogen and oxygen atoms in total. The molecular weight excluding hydrogens is 260 g/mol. The fourth-order valence-corrected chi connectivity index (χ4v) is 2.31. The van der Waals surface area contributed by atoms with E-state index in [1.165, 1.54) is 14.2 Å². The minimum Gasteiger partial charge on any atom is -0.493 e. The van der Waals surface area contributed by atoms with Crippen LogP contribution in [0.2, 0.25) is 0 Å². The molecule has 1 rings (SSSR count). The van der Waals surface area contributed by atoms with Crippen molar-refractivity contribution < 1.29 is 29.3 Å². The van der Waals surface area contributed by atoms with Gasteiger partial charge in [-0.2, -0.15) is 0 Å². The van der Waals surface area contributed by atoms with Crippen LogP contribution in [-0.2, 0) is 0 Å². The average molecular weight is 272 g/mol. The van der Waals surface area contributed by atoms with E-state index in [-0.39, 0.29) is 27.5 Å². The van der Waals surface area contributed by atoms with E-state index in [0.29, 0.717) is 0 Å². The zero-order valence-corrected chi connectivity index (χ0v) is 10.8. The normalized spacial score (nSPS) is 9.94. The van der Waals surface area contributed by atoms with Crippen molar-refractivity contribution in [1.82, 2.24) is 0 Å². The van der Waals surface area contributed by atoms with Gasteiger partial charge < -0.3 is 19.7 Å². The number of hydrogen-bond acceptors (Lipinski definition) is 5. The number of carboxylic acids is 2. The van der Waals surface area contributed by atoms with Gasteiger partial charge in [-0.25, -0.2) is 9.59 Å². The van der Waals surface area contributed by atoms with Gasteiger partial charge in [0.2, 0.25) is 0 Å². The summed E-state index contributed by atoms with van der Waals surface area (Å²) in [6.45, 7) is 0. The standard InChI is InChI=1S/C11H12O6S/c1-16-6-4-5(10(12)13)7(11(14)15)9(18-3)8(6)17-2/h4H,1-3H3,(H,12,13)(H,14,15). The molecular formula is C11H12O6S. The van der Waals surface area contributed by atoms with E-state index in [0.717, 1.165) is 17.8 Å². The molecule has 7 heteroatoms. The Morgan fingerprint density at radius 3 is 2.11 bits per heavy atom. The second-order valence-electron chi connectivity index (χ2n) is 3.18. The molecule has 0 aromatic heterocycles. The predicted octanol–water partition coefficient (Wildman–Crippen LogP) is 1.82. The average Bonchev–Trinajstić information content (AvgIpc) is 2.35. The Morgan fingerprint density at radius 2 is 1.78 bits per heavy atom. The number of carboxylic acid groups (broad SMARTS) is 2. The first-order valence-electron chi connectivity index (χ1n) is 4.77. The van der Waals surface area contributed by atoms with Gasteiger partial charge in [-0.15, -0.1) is 11.8 Å². The van der Waals surface area contributed by atoms with E-state index in [1.807, 2.05) is 0 Å². The van der Waals surface area contributed by atoms with E-state index in [4.69, 9.17) is 19.7 Å². The summed E-state index contributed by atoms with van der Waals surface area (Å²) in [5, 5.41) is 18.2. The van der Waals surface area contributed by atoms with Crippen molar-refractivity contribution in [3.63, 3.8) is 0 Å². The van der Waals surface area contributed by atoms with E-state index in [2.05, 4.69) is 0 Å². The molecule has 0 saturated carbocycles. The van der Waals surface area contributed by atoms with Gasteiger partial charge in [-0.1, -0.05) is 0 Å². The minimum atomic E-state index is -1.33. The number of thioether (sulfide) groups is 1. The van der Waals surface area contributed by atoms with Crippen LogP contribution in [0.15, 0.2) is 11.0 Å². The topological polar surface area (TPSA) is 93.1 Å². The number of benzene rings is 1. The summed E-state index contributed by atoms with van der Waals surface area (Å²) >= 11 is 1.09. The second kappa shape index (κ2) is 5.63. The second-order valence-corrected chi connectivity index (χ2v) is 3.99. The number of aromatic carboxylic acids is 2. The molecule has 0 aliphatic carbocycles. The van der Waals surface area contributed by atoms with Gasteiger partial charge in [0.25, 0.3) is 0 Å². The molecule has 0 aliphatic heterocycles. The molecule has 18 heavy (non-hydrogen) atoms. The molecule has 98 valence electrons. The van der Waals surface area contributed by atoms with Gasteiger partial charge in [0.05, 0.1) is 30.2 Å². The lowest BCUT2D eigenvalue weighted by atomic mass is 10.1. The Labute approximate surface area is 108 Å². The largest absolute Gasteiger partial charge is 0.493 e. The maximum Gasteiger partial charge on any atom is 0.337 e. The Kier molecular flexibility index (Phi) is 4.43. The van der Waals surface area contributed by atoms with Crippen LogP contribution >= 0.6 is 11.8 Å². The number of carbonyl (C=O) groups is 2. The third-order valence-electron chi connectivity index (χ3n) is 2.27. The molecule has 2 N–H and O–H groups in total. The van der Waals surface area contributed by atoms with Crippen LogP contribution in [0.5, 0.6) is 11.5 Å². The van der Waals surface area contributed by atoms with Crippen molar-refractivity contribution in [1.29, 1.82) is 0 Å². The number of hydrogen-bond donors (Lipinski definition) is 2. The van der Waals surface area contributed by atoms with Crippen molar-refractivity contribution in [3.8, 4) is 11.5 Å². The predicted molar refractivity (Wildman–Crippen MR) is 65.2 cm³/mol. The highest BCUT2D eigenvalue weighted by Gasteiger charge is 2.26. The van der Waals surface area contributed by atoms with Crippen molar-refractivity contribution >= 4 is 23.7 Å². The van der Waals surface area contributed by atoms with Gasteiger partial charge >= 0.3 is 11.9 Å². The molecule has 0 aliphatic rings. The summed E-state index contributed by atoms with van der Waals surface area (Å²) < 4.78 is 10.1. The molecule has 0 radical (unpaired) electrons. The molecule has 0 spiro atoms. The van der Waals surface area contributed by atoms with Gasteiger partial charge in [0.1, 0.15) is 0 Å². The zero-order chi connectivity index (χ0) is 13.9. The van der Waals surface area contributed by atoms with Crippen LogP contribution in [0.3, 0.4) is 0 Å². The number of rotatable bonds is 5. The van der Waals surface area contributed by atoms with E-state index in [9.17, 15) is 9.59 Å². The third kappa shape index (κ3) is 2.35. The van der Waals surface area contributed by atoms with Crippen molar-refractivity contribution in [2.24, 2.45) is 0 Å². The molecule has 0 saturated heterocycles. The fourth-order valence-electron chi connectivity index (χ4n) is 1.54. The van der Waals surface area contributed by atoms with Crippen LogP contribution in [0.4, 0.5) is 0 Å². The molecule has 0 amide bonds. The van der Waals surface area contributed by atoms with Crippen molar-refractivity contribution in [2.75, 3.05) is 20.5 Å². The van der Waals surface area contributed by atoms with Gasteiger partial charge in [-0.3, -0.25) is 0 Å². The number of methoxy groups -OCH3 is 2. The van der Waals surface area contributed by atoms with E-state index in [1.54, 1.807) is 6.26 Å². The SMILES string of the molecule is COc1cc(C(=O)O)c(C(=O)O)c(SC)c1OC. The maximum atomic E-state index is 11.2. The smallest absolute Gasteiger partial charge is 0.337 e. The Hall–Kier alpha value is -1.89. The molecule has 1 aromatic carbocycles. The van der Waals surface area contributed by atoms with Crippen LogP contribution in [-0.4, -0.2) is 42.6 Å². The lowest BCUT2D eigenvalue weighted by Gasteiger charge is -2.15. The summed E-state index contributed by atoms with van der Waals surface area (Å²) in [5.41, 5.74) is -0.628. The summed E-state index contributed by atoms with van der Waals surface area (Å²) in [4.78, 5) is 22.5. The molecule has 0 atom stereocenters. The molecule has 1 aromatic rings. The summed E-state index contributed by atoms with van der Waals surface area (Å²) in [5.74, 6) is -2.25. The molecule has 0 unspecified atom stereocenters. The Bertz CT molecular complexity index is 497. The highest BCUT2D eigenvalue weighted by molar-refractivity contribution is 7.98. The summed E-state index contributed by atoms with van der Waals surface area (Å²) in [6.07, 6.45) is 1.63. The first-order chi connectivity index (χ1) is 8.47. The van der Waals surface area contributed by atoms with Crippen molar-refractivity contribution in [2.45, 2.75) is 4.90 Å². The lowest BCUT2D eigenvalue weighted by molar-refractivity contribution is 0.0647. The fraction of sp³-hybridized carbons (Fsp3) is 0.273. The molecule has 0 heterocycles. The first kappa shape index (κ1) is 14.2. The van der Waals surface area contributed by atoms with E-state index >= 15 is 0 Å². The number of ether oxygens (including phenoxy) is 2. The third-order valence-corrected chi connectivity index (χ3v) is 3.07. The zero-order valence-electron chi connectivity index (χ0n) is 10.0. The highest BCUT2D eigenvalue weighted by atomic mass is 32.2. The Morgan fingerprint density at radius 1 is 1.17 bits per heavy atom. The lowest BCUT2D eigenvalue weighted by Crippen LogP contribution is -2.11. The molecule has 0 fully saturated rings. The van der Waals surface area contributed by atoms with Crippen LogP contribution in [0, 0.1) is 0 Å². The van der Waals surface area contributed by atoms with Crippen LogP contribution in [0.25, 0.3) is 0 Å². The summed E-state index contributed by atoms with van der Waals surface area (Å²) in [7, 11) is 2.72. The van der Waals surface area contributed by atoms with Crippen LogP contribution < -0.4 is 9.47 Å². The van der Waals surface area contributed by atoms with E-state index < -0.39 is 11.9 Å². The van der Waals surface area contributed by atoms with Gasteiger partial charge in [-0.05, 0) is 12.3 Å². The quantitative estimate of drug-likeness (QED) is 0.789. The van der Waals surface area contributed by atoms with Crippen molar-refractivity contribution in [3.05, 3.63) is 17.2 Å². The molecule has 0 bridgehead atoms. The first-order valence-corrected chi connectivity index (χ1v) is 5.99. The Balaban J connectivity index is 3.74.